The molecule has 4 N–H and O–H groups in total. The number of carbonyl (C=O) groups is 1. The van der Waals surface area contributed by atoms with Crippen molar-refractivity contribution in [2.75, 3.05) is 11.5 Å². The topological polar surface area (TPSA) is 82.0 Å². The second kappa shape index (κ2) is 6.80. The van der Waals surface area contributed by atoms with Crippen molar-refractivity contribution in [1.29, 1.82) is 0 Å². The van der Waals surface area contributed by atoms with Gasteiger partial charge in [0.2, 0.25) is 0 Å². The van der Waals surface area contributed by atoms with Crippen LogP contribution in [0.15, 0.2) is 61.3 Å². The van der Waals surface area contributed by atoms with Gasteiger partial charge in [0, 0.05) is 34.1 Å². The Morgan fingerprint density at radius 1 is 1.04 bits per heavy atom. The summed E-state index contributed by atoms with van der Waals surface area (Å²) in [6.07, 6.45) is 1.61. The molecule has 0 aliphatic carbocycles. The van der Waals surface area contributed by atoms with Crippen molar-refractivity contribution in [3.63, 3.8) is 0 Å². The molecule has 3 aromatic rings. The predicted molar refractivity (Wildman–Crippen MR) is 103 cm³/mol. The van der Waals surface area contributed by atoms with Crippen molar-refractivity contribution in [3.05, 3.63) is 83.8 Å². The average molecular weight is 347 g/mol. The Bertz CT molecular complexity index is 1030. The fourth-order valence-electron chi connectivity index (χ4n) is 2.72. The minimum absolute atomic E-state index is 0.162. The van der Waals surface area contributed by atoms with E-state index in [1.54, 1.807) is 37.4 Å². The third-order valence-corrected chi connectivity index (χ3v) is 4.18. The fraction of sp³-hybridized carbons (Fsp3) is 0.0476. The van der Waals surface area contributed by atoms with Gasteiger partial charge >= 0.3 is 0 Å². The Kier molecular flexibility index (Phi) is 4.54. The molecule has 0 saturated carbocycles. The molecule has 3 rings (SSSR count). The highest BCUT2D eigenvalue weighted by Crippen LogP contribution is 2.29. The SMILES string of the molecule is C=C(C(=O)c1cc(F)ccc1C)c1cc(-c2cccc(N)c2)cnc1N. The highest BCUT2D eigenvalue weighted by Gasteiger charge is 2.18. The Morgan fingerprint density at radius 2 is 1.81 bits per heavy atom. The van der Waals surface area contributed by atoms with Crippen LogP contribution in [0.25, 0.3) is 16.7 Å². The van der Waals surface area contributed by atoms with Crippen molar-refractivity contribution in [2.45, 2.75) is 6.92 Å². The van der Waals surface area contributed by atoms with Crippen LogP contribution in [0.1, 0.15) is 21.5 Å². The smallest absolute Gasteiger partial charge is 0.193 e. The van der Waals surface area contributed by atoms with Crippen LogP contribution in [0.5, 0.6) is 0 Å². The third kappa shape index (κ3) is 3.32. The number of nitrogens with two attached hydrogens (primary N) is 2. The molecule has 5 heteroatoms. The highest BCUT2D eigenvalue weighted by molar-refractivity contribution is 6.29. The first-order valence-electron chi connectivity index (χ1n) is 7.98. The van der Waals surface area contributed by atoms with Crippen LogP contribution in [-0.2, 0) is 0 Å². The van der Waals surface area contributed by atoms with E-state index in [4.69, 9.17) is 11.5 Å². The molecule has 2 aromatic carbocycles. The maximum atomic E-state index is 13.5. The molecule has 1 heterocycles. The number of aryl methyl sites for hydroxylation is 1. The normalized spacial score (nSPS) is 10.5. The largest absolute Gasteiger partial charge is 0.399 e. The maximum absolute atomic E-state index is 13.5. The van der Waals surface area contributed by atoms with E-state index in [-0.39, 0.29) is 22.7 Å². The lowest BCUT2D eigenvalue weighted by Crippen LogP contribution is -2.07. The molecule has 26 heavy (non-hydrogen) atoms. The van der Waals surface area contributed by atoms with Crippen LogP contribution >= 0.6 is 0 Å². The van der Waals surface area contributed by atoms with Gasteiger partial charge in [-0.15, -0.1) is 0 Å². The highest BCUT2D eigenvalue weighted by atomic mass is 19.1. The quantitative estimate of drug-likeness (QED) is 0.420. The summed E-state index contributed by atoms with van der Waals surface area (Å²) in [7, 11) is 0. The van der Waals surface area contributed by atoms with Crippen LogP contribution in [-0.4, -0.2) is 10.8 Å². The first-order chi connectivity index (χ1) is 12.4. The standard InChI is InChI=1S/C21H18FN3O/c1-12-6-7-16(22)10-18(12)20(26)13(2)19-9-15(11-25-21(19)24)14-4-3-5-17(23)8-14/h3-11H,2,23H2,1H3,(H2,24,25). The lowest BCUT2D eigenvalue weighted by atomic mass is 9.94. The number of hydrogen-bond donors (Lipinski definition) is 2. The van der Waals surface area contributed by atoms with Gasteiger partial charge in [0.15, 0.2) is 5.78 Å². The molecule has 0 aliphatic rings. The summed E-state index contributed by atoms with van der Waals surface area (Å²) < 4.78 is 13.5. The zero-order valence-electron chi connectivity index (χ0n) is 14.3. The second-order valence-corrected chi connectivity index (χ2v) is 6.05. The molecule has 0 aliphatic heterocycles. The first kappa shape index (κ1) is 17.4. The van der Waals surface area contributed by atoms with Gasteiger partial charge in [-0.1, -0.05) is 24.8 Å². The van der Waals surface area contributed by atoms with E-state index in [2.05, 4.69) is 11.6 Å². The van der Waals surface area contributed by atoms with E-state index in [1.807, 2.05) is 12.1 Å². The predicted octanol–water partition coefficient (Wildman–Crippen LogP) is 4.26. The summed E-state index contributed by atoms with van der Waals surface area (Å²) in [6.45, 7) is 5.61. The number of pyridine rings is 1. The summed E-state index contributed by atoms with van der Waals surface area (Å²) in [5.74, 6) is -0.684. The first-order valence-corrected chi connectivity index (χ1v) is 7.98. The number of nitrogens with zero attached hydrogens (tertiary/aromatic N) is 1. The van der Waals surface area contributed by atoms with Gasteiger partial charge < -0.3 is 11.5 Å². The molecule has 1 aromatic heterocycles. The number of aromatic nitrogens is 1. The molecule has 4 nitrogen and oxygen atoms in total. The van der Waals surface area contributed by atoms with Crippen LogP contribution in [0.3, 0.4) is 0 Å². The lowest BCUT2D eigenvalue weighted by molar-refractivity contribution is 0.105. The summed E-state index contributed by atoms with van der Waals surface area (Å²) in [4.78, 5) is 17.0. The number of halogens is 1. The number of carbonyl (C=O) groups excluding carboxylic acids is 1. The van der Waals surface area contributed by atoms with E-state index in [0.717, 1.165) is 11.1 Å². The molecule has 0 amide bonds. The van der Waals surface area contributed by atoms with E-state index in [9.17, 15) is 9.18 Å². The summed E-state index contributed by atoms with van der Waals surface area (Å²) >= 11 is 0. The average Bonchev–Trinajstić information content (AvgIpc) is 2.63. The molecule has 0 unspecified atom stereocenters. The van der Waals surface area contributed by atoms with Crippen molar-refractivity contribution in [1.82, 2.24) is 4.98 Å². The van der Waals surface area contributed by atoms with Crippen molar-refractivity contribution >= 4 is 22.9 Å². The Balaban J connectivity index is 2.03. The number of benzene rings is 2. The summed E-state index contributed by atoms with van der Waals surface area (Å²) in [5.41, 5.74) is 15.5. The molecule has 0 bridgehead atoms. The van der Waals surface area contributed by atoms with Gasteiger partial charge in [-0.3, -0.25) is 4.79 Å². The van der Waals surface area contributed by atoms with Gasteiger partial charge in [-0.25, -0.2) is 9.37 Å². The van der Waals surface area contributed by atoms with Crippen LogP contribution in [0.2, 0.25) is 0 Å². The minimum Gasteiger partial charge on any atom is -0.399 e. The Hall–Kier alpha value is -3.47. The number of ketones is 1. The van der Waals surface area contributed by atoms with Crippen LogP contribution in [0.4, 0.5) is 15.9 Å². The molecule has 0 spiro atoms. The molecule has 0 radical (unpaired) electrons. The zero-order valence-corrected chi connectivity index (χ0v) is 14.3. The molecular weight excluding hydrogens is 329 g/mol. The number of hydrogen-bond acceptors (Lipinski definition) is 4. The Labute approximate surface area is 151 Å². The van der Waals surface area contributed by atoms with Crippen LogP contribution in [0, 0.1) is 12.7 Å². The third-order valence-electron chi connectivity index (χ3n) is 4.18. The van der Waals surface area contributed by atoms with Crippen molar-refractivity contribution in [2.24, 2.45) is 0 Å². The molecule has 0 saturated heterocycles. The van der Waals surface area contributed by atoms with Gasteiger partial charge in [-0.2, -0.15) is 0 Å². The van der Waals surface area contributed by atoms with E-state index in [1.165, 1.54) is 12.1 Å². The van der Waals surface area contributed by atoms with Crippen molar-refractivity contribution in [3.8, 4) is 11.1 Å². The number of Topliss-reactive ketones (excluding diaryl/α,β-unsaturated/α-hetero) is 1. The van der Waals surface area contributed by atoms with E-state index < -0.39 is 5.82 Å². The number of anilines is 2. The zero-order chi connectivity index (χ0) is 18.8. The molecule has 130 valence electrons. The van der Waals surface area contributed by atoms with E-state index >= 15 is 0 Å². The Morgan fingerprint density at radius 3 is 2.54 bits per heavy atom. The monoisotopic (exact) mass is 347 g/mol. The lowest BCUT2D eigenvalue weighted by Gasteiger charge is -2.12. The van der Waals surface area contributed by atoms with Gasteiger partial charge in [0.1, 0.15) is 11.6 Å². The number of allylic oxidation sites excluding steroid dienone is 1. The van der Waals surface area contributed by atoms with E-state index in [0.29, 0.717) is 16.8 Å². The summed E-state index contributed by atoms with van der Waals surface area (Å²) in [6, 6.07) is 13.1. The van der Waals surface area contributed by atoms with Gasteiger partial charge in [0.05, 0.1) is 0 Å². The van der Waals surface area contributed by atoms with Crippen LogP contribution < -0.4 is 11.5 Å². The van der Waals surface area contributed by atoms with Gasteiger partial charge in [0.25, 0.3) is 0 Å². The molecule has 0 atom stereocenters. The minimum atomic E-state index is -0.480. The maximum Gasteiger partial charge on any atom is 0.193 e. The fourth-order valence-corrected chi connectivity index (χ4v) is 2.72. The number of nitrogen functional groups attached to an aromatic ring is 2. The van der Waals surface area contributed by atoms with Gasteiger partial charge in [-0.05, 0) is 48.4 Å². The molecular formula is C21H18FN3O. The van der Waals surface area contributed by atoms with Crippen molar-refractivity contribution < 1.29 is 9.18 Å². The summed E-state index contributed by atoms with van der Waals surface area (Å²) in [5, 5.41) is 0. The molecule has 0 fully saturated rings. The second-order valence-electron chi connectivity index (χ2n) is 6.05. The number of rotatable bonds is 4.